The van der Waals surface area contributed by atoms with E-state index in [9.17, 15) is 101 Å². The highest BCUT2D eigenvalue weighted by molar-refractivity contribution is 9.09. The second-order valence-corrected chi connectivity index (χ2v) is 32.6. The molecule has 0 spiro atoms. The van der Waals surface area contributed by atoms with Gasteiger partial charge in [-0.05, 0) is 62.3 Å². The highest BCUT2D eigenvalue weighted by Gasteiger charge is 2.61. The number of esters is 18. The Kier molecular flexibility index (Phi) is 44.9. The molecule has 0 radical (unpaired) electrons. The molecule has 5 rings (SSSR count). The number of aliphatic hydroxyl groups is 4. The molecule has 0 aromatic rings. The van der Waals surface area contributed by atoms with Crippen LogP contribution in [0.25, 0.3) is 0 Å². The summed E-state index contributed by atoms with van der Waals surface area (Å²) in [7, 11) is 0. The predicted octanol–water partition coefficient (Wildman–Crippen LogP) is -0.559. The second kappa shape index (κ2) is 49.5. The van der Waals surface area contributed by atoms with Crippen LogP contribution in [0.3, 0.4) is 0 Å². The lowest BCUT2D eigenvalue weighted by Crippen LogP contribution is -2.64. The highest BCUT2D eigenvalue weighted by Crippen LogP contribution is 2.38. The van der Waals surface area contributed by atoms with Crippen LogP contribution < -0.4 is 0 Å². The van der Waals surface area contributed by atoms with Crippen molar-refractivity contribution >= 4 is 170 Å². The smallest absolute Gasteiger partial charge is 0.360 e. The zero-order valence-corrected chi connectivity index (χ0v) is 75.0. The van der Waals surface area contributed by atoms with Crippen LogP contribution in [0.15, 0.2) is 0 Å². The summed E-state index contributed by atoms with van der Waals surface area (Å²) < 4.78 is 115. The fraction of sp³-hybridized carbons (Fsp3) is 0.722. The largest absolute Gasteiger partial charge is 0.479 e. The molecule has 0 aromatic carbocycles. The first-order valence-electron chi connectivity index (χ1n) is 36.4. The molecule has 5 fully saturated rings. The van der Waals surface area contributed by atoms with Crippen molar-refractivity contribution in [1.29, 1.82) is 0 Å². The molecule has 53 heteroatoms. The van der Waals surface area contributed by atoms with Crippen molar-refractivity contribution in [2.45, 2.75) is 332 Å². The predicted molar refractivity (Wildman–Crippen MR) is 402 cm³/mol. The van der Waals surface area contributed by atoms with Crippen LogP contribution in [-0.4, -0.2) is 323 Å². The molecule has 49 nitrogen and oxygen atoms in total. The lowest BCUT2D eigenvalue weighted by atomic mass is 9.97. The number of ether oxygens (including phenoxy) is 23. The standard InChI is InChI=1S/C18H23Cl3O11.C18H26O11.C16H23BrO9.C14H18O11.C6H10O7/c1-7(22)27-10-11(28-8(2)23)13(29-9(3)24)15(31-16(26)18(19,20)21)30-12(10)14(25)32-17(4,5)6;1-8(19)24-12-13(25-9(2)20)15(26-10(3)21)17(27-11(4)22)28-14(12)16(23)29-18(5,6)7;1-7(18)22-10-11(23-8(2)19)13(15(21)26-16(4,5)6)25-14(17)12(10)24-9(3)20;1-5(15)21-9-10(22-6(2)16)12(23-7(3)17)14(24-8(4)18)25-11(9)13(19)20;7-1-2(8)4(5(10)11)13-6(12)3(1)9/h10-13,15H,1-6H3;12-15,17H,1-7H3;10-14H,1-6H3;9-12,14H,1-4H3,(H,19,20);1-4,6-9,12H,(H,10,11). The van der Waals surface area contributed by atoms with E-state index >= 15 is 0 Å². The van der Waals surface area contributed by atoms with Crippen molar-refractivity contribution in [2.24, 2.45) is 0 Å². The first-order chi connectivity index (χ1) is 56.9. The number of carboxylic acid groups (broad SMARTS) is 2. The van der Waals surface area contributed by atoms with Gasteiger partial charge < -0.3 is 140 Å². The molecule has 0 aliphatic carbocycles. The summed E-state index contributed by atoms with van der Waals surface area (Å²) in [6.07, 6.45) is -38.6. The van der Waals surface area contributed by atoms with Gasteiger partial charge in [-0.25, -0.2) is 28.8 Å². The van der Waals surface area contributed by atoms with E-state index in [-0.39, 0.29) is 0 Å². The maximum absolute atomic E-state index is 12.8. The third-order valence-electron chi connectivity index (χ3n) is 14.6. The topological polar surface area (TPSA) is 675 Å². The third kappa shape index (κ3) is 39.4. The summed E-state index contributed by atoms with van der Waals surface area (Å²) in [6, 6.07) is 0. The summed E-state index contributed by atoms with van der Waals surface area (Å²) in [6.45, 7) is 29.2. The van der Waals surface area contributed by atoms with Gasteiger partial charge in [-0.3, -0.25) is 67.1 Å². The summed E-state index contributed by atoms with van der Waals surface area (Å²) in [4.78, 5) is 233. The molecular formula is C72H100BrCl3O49. The van der Waals surface area contributed by atoms with E-state index in [1.165, 1.54) is 0 Å². The van der Waals surface area contributed by atoms with Gasteiger partial charge in [0.2, 0.25) is 37.2 Å². The lowest BCUT2D eigenvalue weighted by Gasteiger charge is -2.43. The third-order valence-corrected chi connectivity index (χ3v) is 15.8. The first kappa shape index (κ1) is 113. The summed E-state index contributed by atoms with van der Waals surface area (Å²) in [5.41, 5.74) is -2.76. The van der Waals surface area contributed by atoms with E-state index in [2.05, 4.69) is 20.7 Å². The number of rotatable bonds is 20. The van der Waals surface area contributed by atoms with Gasteiger partial charge in [0.25, 0.3) is 3.79 Å². The Morgan fingerprint density at radius 1 is 0.256 bits per heavy atom. The fourth-order valence-electron chi connectivity index (χ4n) is 10.8. The van der Waals surface area contributed by atoms with Crippen molar-refractivity contribution in [3.05, 3.63) is 0 Å². The number of halogens is 4. The molecule has 0 amide bonds. The molecule has 5 aliphatic heterocycles. The fourth-order valence-corrected chi connectivity index (χ4v) is 11.6. The van der Waals surface area contributed by atoms with Crippen molar-refractivity contribution in [1.82, 2.24) is 0 Å². The van der Waals surface area contributed by atoms with Crippen LogP contribution >= 0.6 is 50.7 Å². The Morgan fingerprint density at radius 3 is 0.704 bits per heavy atom. The van der Waals surface area contributed by atoms with E-state index in [0.717, 1.165) is 96.9 Å². The van der Waals surface area contributed by atoms with Gasteiger partial charge in [-0.2, -0.15) is 0 Å². The SMILES string of the molecule is CC(=O)OC1C(Br)OC(C(=O)OC(C)(C)C)C(OC(C)=O)C1OC(C)=O.CC(=O)OC1C(OC(=O)C(Cl)(Cl)Cl)OC(C(=O)OC(C)(C)C)C(OC(C)=O)C1OC(C)=O.CC(=O)OC1OC(C(=O)O)C(OC(C)=O)C(OC(C)=O)C1OC(C)=O.CC(=O)OC1OC(C(=O)OC(C)(C)C)C(OC(C)=O)C(OC(C)=O)C1OC(C)=O.O=C(O)C1OC(O)C(O)C(O)C1O. The van der Waals surface area contributed by atoms with E-state index in [4.69, 9.17) is 165 Å². The van der Waals surface area contributed by atoms with Gasteiger partial charge in [0.15, 0.2) is 96.8 Å². The molecule has 5 heterocycles. The van der Waals surface area contributed by atoms with Crippen LogP contribution in [0.5, 0.6) is 0 Å². The number of aliphatic hydroxyl groups excluding tert-OH is 4. The number of aliphatic carboxylic acids is 2. The number of carbonyl (C=O) groups excluding carboxylic acids is 18. The Bertz CT molecular complexity index is 3860. The number of carbonyl (C=O) groups is 20. The van der Waals surface area contributed by atoms with Gasteiger partial charge in [-0.1, -0.05) is 50.7 Å². The Hall–Kier alpha value is -9.61. The monoisotopic (exact) mass is 1930 g/mol. The minimum absolute atomic E-state index is 0.669. The second-order valence-electron chi connectivity index (χ2n) is 29.4. The first-order valence-corrected chi connectivity index (χ1v) is 38.4. The Labute approximate surface area is 734 Å². The molecule has 5 aliphatic rings. The Morgan fingerprint density at radius 2 is 0.464 bits per heavy atom. The molecule has 125 heavy (non-hydrogen) atoms. The molecule has 0 bridgehead atoms. The zero-order chi connectivity index (χ0) is 97.2. The van der Waals surface area contributed by atoms with Crippen LogP contribution in [-0.2, 0) is 205 Å². The van der Waals surface area contributed by atoms with Gasteiger partial charge in [0, 0.05) is 96.9 Å². The summed E-state index contributed by atoms with van der Waals surface area (Å²) in [5, 5.41) is 52.6. The van der Waals surface area contributed by atoms with Crippen LogP contribution in [0.2, 0.25) is 0 Å². The van der Waals surface area contributed by atoms with E-state index in [0.29, 0.717) is 0 Å². The van der Waals surface area contributed by atoms with Gasteiger partial charge in [0.05, 0.1) is 0 Å². The van der Waals surface area contributed by atoms with E-state index in [1.54, 1.807) is 62.3 Å². The summed E-state index contributed by atoms with van der Waals surface area (Å²) in [5.74, 6) is -18.9. The molecule has 710 valence electrons. The van der Waals surface area contributed by atoms with Gasteiger partial charge in [0.1, 0.15) is 35.1 Å². The molecule has 6 N–H and O–H groups in total. The van der Waals surface area contributed by atoms with Crippen molar-refractivity contribution in [3.63, 3.8) is 0 Å². The quantitative estimate of drug-likeness (QED) is 0.0505. The molecule has 25 atom stereocenters. The van der Waals surface area contributed by atoms with E-state index in [1.807, 2.05) is 0 Å². The average molecular weight is 1940 g/mol. The Balaban J connectivity index is 0.000000797. The average Bonchev–Trinajstić information content (AvgIpc) is 0.785. The van der Waals surface area contributed by atoms with Crippen LogP contribution in [0, 0.1) is 0 Å². The van der Waals surface area contributed by atoms with Crippen molar-refractivity contribution < 1.29 is 235 Å². The summed E-state index contributed by atoms with van der Waals surface area (Å²) >= 11 is 19.7. The highest BCUT2D eigenvalue weighted by atomic mass is 79.9. The number of alkyl halides is 4. The number of hydrogen-bond acceptors (Lipinski definition) is 47. The minimum Gasteiger partial charge on any atom is -0.479 e. The van der Waals surface area contributed by atoms with Gasteiger partial charge >= 0.3 is 119 Å². The minimum atomic E-state index is -2.56. The molecular weight excluding hydrogens is 1840 g/mol. The van der Waals surface area contributed by atoms with Crippen molar-refractivity contribution in [2.75, 3.05) is 0 Å². The lowest BCUT2D eigenvalue weighted by molar-refractivity contribution is -0.296. The maximum atomic E-state index is 12.8. The molecule has 25 unspecified atom stereocenters. The number of carboxylic acids is 2. The normalized spacial score (nSPS) is 29.2. The number of hydrogen-bond donors (Lipinski definition) is 6. The van der Waals surface area contributed by atoms with Crippen molar-refractivity contribution in [3.8, 4) is 0 Å². The van der Waals surface area contributed by atoms with Crippen LogP contribution in [0.1, 0.15) is 159 Å². The molecule has 5 saturated heterocycles. The zero-order valence-electron chi connectivity index (χ0n) is 71.2. The molecule has 0 aromatic heterocycles. The maximum Gasteiger partial charge on any atom is 0.360 e. The van der Waals surface area contributed by atoms with E-state index < -0.39 is 292 Å². The molecule has 0 saturated carbocycles. The van der Waals surface area contributed by atoms with Crippen LogP contribution in [0.4, 0.5) is 0 Å². The van der Waals surface area contributed by atoms with Gasteiger partial charge in [-0.15, -0.1) is 0 Å².